The lowest BCUT2D eigenvalue weighted by atomic mass is 10.1. The molecule has 0 unspecified atom stereocenters. The lowest BCUT2D eigenvalue weighted by Crippen LogP contribution is -2.34. The molecule has 8 nitrogen and oxygen atoms in total. The van der Waals surface area contributed by atoms with Gasteiger partial charge in [0, 0.05) is 24.2 Å². The second-order valence-corrected chi connectivity index (χ2v) is 6.78. The molecule has 0 radical (unpaired) electrons. The Labute approximate surface area is 186 Å². The zero-order valence-corrected chi connectivity index (χ0v) is 18.2. The number of carbonyl (C=O) groups excluding carboxylic acids is 1. The average molecular weight is 437 g/mol. The molecule has 168 valence electrons. The van der Waals surface area contributed by atoms with E-state index in [0.29, 0.717) is 30.4 Å². The number of nitrogens with one attached hydrogen (secondary N) is 1. The Kier molecular flexibility index (Phi) is 8.25. The third-order valence-electron chi connectivity index (χ3n) is 4.46. The van der Waals surface area contributed by atoms with Gasteiger partial charge in [-0.1, -0.05) is 6.07 Å². The van der Waals surface area contributed by atoms with Crippen LogP contribution in [-0.2, 0) is 11.3 Å². The van der Waals surface area contributed by atoms with Gasteiger partial charge in [0.2, 0.25) is 0 Å². The minimum atomic E-state index is -0.289. The van der Waals surface area contributed by atoms with E-state index in [-0.39, 0.29) is 31.2 Å². The van der Waals surface area contributed by atoms with E-state index in [1.807, 2.05) is 44.2 Å². The van der Waals surface area contributed by atoms with Crippen molar-refractivity contribution in [3.8, 4) is 28.5 Å². The van der Waals surface area contributed by atoms with Gasteiger partial charge in [0.05, 0.1) is 25.5 Å². The number of aromatic nitrogens is 2. The van der Waals surface area contributed by atoms with Gasteiger partial charge in [-0.25, -0.2) is 4.68 Å². The number of benzene rings is 2. The number of hydrogen-bond acceptors (Lipinski definition) is 6. The van der Waals surface area contributed by atoms with E-state index >= 15 is 0 Å². The Balaban J connectivity index is 1.52. The van der Waals surface area contributed by atoms with Gasteiger partial charge in [-0.3, -0.25) is 9.59 Å². The maximum atomic E-state index is 12.1. The zero-order valence-electron chi connectivity index (χ0n) is 18.2. The van der Waals surface area contributed by atoms with Crippen molar-refractivity contribution in [2.75, 3.05) is 26.4 Å². The number of rotatable bonds is 11. The molecular formula is C24H27N3O5. The molecule has 0 fully saturated rings. The summed E-state index contributed by atoms with van der Waals surface area (Å²) >= 11 is 0. The van der Waals surface area contributed by atoms with Crippen molar-refractivity contribution in [1.29, 1.82) is 0 Å². The first-order valence-electron chi connectivity index (χ1n) is 10.5. The molecule has 0 spiro atoms. The summed E-state index contributed by atoms with van der Waals surface area (Å²) in [5, 5.41) is 7.14. The Hall–Kier alpha value is -3.81. The number of ether oxygens (including phenoxy) is 3. The minimum absolute atomic E-state index is 0.135. The van der Waals surface area contributed by atoms with E-state index in [1.165, 1.54) is 10.7 Å². The molecule has 2 aromatic carbocycles. The predicted molar refractivity (Wildman–Crippen MR) is 121 cm³/mol. The summed E-state index contributed by atoms with van der Waals surface area (Å²) in [4.78, 5) is 24.2. The average Bonchev–Trinajstić information content (AvgIpc) is 2.80. The summed E-state index contributed by atoms with van der Waals surface area (Å²) in [7, 11) is 0. The maximum absolute atomic E-state index is 12.1. The molecular weight excluding hydrogens is 410 g/mol. The molecule has 0 atom stereocenters. The first kappa shape index (κ1) is 22.9. The van der Waals surface area contributed by atoms with Crippen molar-refractivity contribution >= 4 is 5.91 Å². The van der Waals surface area contributed by atoms with Crippen LogP contribution in [0.1, 0.15) is 13.8 Å². The van der Waals surface area contributed by atoms with Crippen molar-refractivity contribution < 1.29 is 19.0 Å². The fourth-order valence-corrected chi connectivity index (χ4v) is 2.97. The van der Waals surface area contributed by atoms with Gasteiger partial charge in [-0.15, -0.1) is 0 Å². The third kappa shape index (κ3) is 6.60. The first-order chi connectivity index (χ1) is 15.6. The van der Waals surface area contributed by atoms with Gasteiger partial charge in [-0.2, -0.15) is 5.10 Å². The quantitative estimate of drug-likeness (QED) is 0.496. The second-order valence-electron chi connectivity index (χ2n) is 6.78. The number of nitrogens with zero attached hydrogens (tertiary/aromatic N) is 2. The molecule has 1 heterocycles. The van der Waals surface area contributed by atoms with Gasteiger partial charge in [0.1, 0.15) is 17.2 Å². The van der Waals surface area contributed by atoms with Crippen LogP contribution in [-0.4, -0.2) is 42.1 Å². The van der Waals surface area contributed by atoms with Crippen molar-refractivity contribution in [2.45, 2.75) is 20.4 Å². The van der Waals surface area contributed by atoms with E-state index in [2.05, 4.69) is 10.4 Å². The Morgan fingerprint density at radius 3 is 2.31 bits per heavy atom. The van der Waals surface area contributed by atoms with Crippen LogP contribution < -0.4 is 25.1 Å². The molecule has 1 aromatic heterocycles. The van der Waals surface area contributed by atoms with Crippen LogP contribution in [0.4, 0.5) is 0 Å². The highest BCUT2D eigenvalue weighted by molar-refractivity contribution is 5.77. The van der Waals surface area contributed by atoms with Crippen LogP contribution in [0.15, 0.2) is 65.5 Å². The van der Waals surface area contributed by atoms with Crippen molar-refractivity contribution in [1.82, 2.24) is 15.1 Å². The molecule has 3 rings (SSSR count). The smallest absolute Gasteiger partial charge is 0.266 e. The number of hydrogen-bond donors (Lipinski definition) is 1. The third-order valence-corrected chi connectivity index (χ3v) is 4.46. The Morgan fingerprint density at radius 2 is 1.59 bits per heavy atom. The van der Waals surface area contributed by atoms with Crippen LogP contribution in [0.3, 0.4) is 0 Å². The van der Waals surface area contributed by atoms with Crippen molar-refractivity contribution in [3.63, 3.8) is 0 Å². The largest absolute Gasteiger partial charge is 0.494 e. The van der Waals surface area contributed by atoms with E-state index < -0.39 is 0 Å². The van der Waals surface area contributed by atoms with Gasteiger partial charge < -0.3 is 19.5 Å². The van der Waals surface area contributed by atoms with E-state index in [4.69, 9.17) is 14.2 Å². The fraction of sp³-hybridized carbons (Fsp3) is 0.292. The monoisotopic (exact) mass is 437 g/mol. The zero-order chi connectivity index (χ0) is 22.8. The molecule has 3 aromatic rings. The summed E-state index contributed by atoms with van der Waals surface area (Å²) in [5.41, 5.74) is 1.29. The predicted octanol–water partition coefficient (Wildman–Crippen LogP) is 2.90. The highest BCUT2D eigenvalue weighted by atomic mass is 16.5. The molecule has 0 bridgehead atoms. The van der Waals surface area contributed by atoms with E-state index in [1.54, 1.807) is 24.3 Å². The van der Waals surface area contributed by atoms with Crippen LogP contribution >= 0.6 is 0 Å². The summed E-state index contributed by atoms with van der Waals surface area (Å²) in [6, 6.07) is 17.8. The highest BCUT2D eigenvalue weighted by Gasteiger charge is 2.07. The minimum Gasteiger partial charge on any atom is -0.494 e. The number of amides is 1. The van der Waals surface area contributed by atoms with Gasteiger partial charge >= 0.3 is 0 Å². The first-order valence-corrected chi connectivity index (χ1v) is 10.5. The topological polar surface area (TPSA) is 91.7 Å². The van der Waals surface area contributed by atoms with Crippen molar-refractivity contribution in [2.24, 2.45) is 0 Å². The maximum Gasteiger partial charge on any atom is 0.266 e. The Morgan fingerprint density at radius 1 is 0.906 bits per heavy atom. The SMILES string of the molecule is CCOc1ccc(-c2ccc(=O)n(CCNC(=O)COc3cccc(OCC)c3)n2)cc1. The summed E-state index contributed by atoms with van der Waals surface area (Å²) < 4.78 is 17.7. The Bertz CT molecular complexity index is 1080. The van der Waals surface area contributed by atoms with Crippen LogP contribution in [0, 0.1) is 0 Å². The normalized spacial score (nSPS) is 10.4. The molecule has 8 heteroatoms. The highest BCUT2D eigenvalue weighted by Crippen LogP contribution is 2.20. The summed E-state index contributed by atoms with van der Waals surface area (Å²) in [6.45, 7) is 5.33. The van der Waals surface area contributed by atoms with Gasteiger partial charge in [-0.05, 0) is 56.3 Å². The fourth-order valence-electron chi connectivity index (χ4n) is 2.97. The molecule has 0 aliphatic rings. The molecule has 32 heavy (non-hydrogen) atoms. The van der Waals surface area contributed by atoms with Crippen molar-refractivity contribution in [3.05, 3.63) is 71.0 Å². The van der Waals surface area contributed by atoms with Crippen LogP contribution in [0.25, 0.3) is 11.3 Å². The summed E-state index contributed by atoms with van der Waals surface area (Å²) in [5.74, 6) is 1.72. The molecule has 0 aliphatic carbocycles. The van der Waals surface area contributed by atoms with Gasteiger partial charge in [0.25, 0.3) is 11.5 Å². The lowest BCUT2D eigenvalue weighted by molar-refractivity contribution is -0.123. The molecule has 1 N–H and O–H groups in total. The van der Waals surface area contributed by atoms with Gasteiger partial charge in [0.15, 0.2) is 6.61 Å². The molecule has 1 amide bonds. The molecule has 0 saturated heterocycles. The van der Waals surface area contributed by atoms with Crippen LogP contribution in [0.2, 0.25) is 0 Å². The van der Waals surface area contributed by atoms with Crippen LogP contribution in [0.5, 0.6) is 17.2 Å². The molecule has 0 aliphatic heterocycles. The van der Waals surface area contributed by atoms with E-state index in [9.17, 15) is 9.59 Å². The standard InChI is InChI=1S/C24H27N3O5/c1-3-30-19-10-8-18(9-11-19)22-12-13-24(29)27(26-22)15-14-25-23(28)17-32-21-7-5-6-20(16-21)31-4-2/h5-13,16H,3-4,14-15,17H2,1-2H3,(H,25,28). The summed E-state index contributed by atoms with van der Waals surface area (Å²) in [6.07, 6.45) is 0. The van der Waals surface area contributed by atoms with E-state index in [0.717, 1.165) is 11.3 Å². The number of carbonyl (C=O) groups is 1. The lowest BCUT2D eigenvalue weighted by Gasteiger charge is -2.10. The second kappa shape index (κ2) is 11.5. The molecule has 0 saturated carbocycles.